The molecule has 0 saturated carbocycles. The lowest BCUT2D eigenvalue weighted by Gasteiger charge is -2.26. The summed E-state index contributed by atoms with van der Waals surface area (Å²) in [6.07, 6.45) is 2.51. The van der Waals surface area contributed by atoms with E-state index in [9.17, 15) is 18.4 Å². The van der Waals surface area contributed by atoms with Crippen molar-refractivity contribution in [1.82, 2.24) is 0 Å². The zero-order valence-corrected chi connectivity index (χ0v) is 24.6. The van der Waals surface area contributed by atoms with E-state index in [0.29, 0.717) is 17.5 Å². The van der Waals surface area contributed by atoms with E-state index in [4.69, 9.17) is 0 Å². The molecular weight excluding hydrogens is 522 g/mol. The normalized spacial score (nSPS) is 11.9. The summed E-state index contributed by atoms with van der Waals surface area (Å²) in [4.78, 5) is 28.5. The van der Waals surface area contributed by atoms with Crippen LogP contribution < -0.4 is 10.9 Å². The molecule has 4 rings (SSSR count). The Morgan fingerprint density at radius 1 is 0.650 bits per heavy atom. The van der Waals surface area contributed by atoms with Crippen LogP contribution in [-0.4, -0.2) is 6.26 Å². The van der Waals surface area contributed by atoms with Crippen LogP contribution in [0.1, 0.15) is 51.3 Å². The summed E-state index contributed by atoms with van der Waals surface area (Å²) in [5.41, 5.74) is 2.82. The summed E-state index contributed by atoms with van der Waals surface area (Å²) >= 11 is 1.57. The Bertz CT molecular complexity index is 1690. The molecule has 0 saturated heterocycles. The molecule has 5 heteroatoms. The van der Waals surface area contributed by atoms with Gasteiger partial charge in [-0.25, -0.2) is 8.78 Å². The van der Waals surface area contributed by atoms with Crippen molar-refractivity contribution < 1.29 is 8.78 Å². The van der Waals surface area contributed by atoms with Crippen molar-refractivity contribution >= 4 is 11.8 Å². The molecule has 0 fully saturated rings. The van der Waals surface area contributed by atoms with Crippen molar-refractivity contribution in [3.8, 4) is 22.3 Å². The summed E-state index contributed by atoms with van der Waals surface area (Å²) in [6.45, 7) is 10.1. The molecule has 4 aromatic carbocycles. The summed E-state index contributed by atoms with van der Waals surface area (Å²) < 4.78 is 28.2. The quantitative estimate of drug-likeness (QED) is 0.223. The lowest BCUT2D eigenvalue weighted by Crippen LogP contribution is -2.28. The maximum absolute atomic E-state index is 14.7. The number of hydrogen-bond donors (Lipinski definition) is 0. The molecule has 0 unspecified atom stereocenters. The van der Waals surface area contributed by atoms with Crippen LogP contribution in [0.25, 0.3) is 22.3 Å². The van der Waals surface area contributed by atoms with E-state index >= 15 is 0 Å². The lowest BCUT2D eigenvalue weighted by atomic mass is 9.78. The average Bonchev–Trinajstić information content (AvgIpc) is 3.19. The first-order valence-corrected chi connectivity index (χ1v) is 14.5. The van der Waals surface area contributed by atoms with Gasteiger partial charge in [-0.2, -0.15) is 0 Å². The van der Waals surface area contributed by atoms with Gasteiger partial charge in [0.05, 0.1) is 0 Å². The molecule has 0 heterocycles. The Morgan fingerprint density at radius 2 is 1.20 bits per heavy atom. The highest BCUT2D eigenvalue weighted by atomic mass is 32.2. The predicted octanol–water partition coefficient (Wildman–Crippen LogP) is 8.56. The van der Waals surface area contributed by atoms with E-state index in [-0.39, 0.29) is 27.4 Å². The largest absolute Gasteiger partial charge is 0.289 e. The maximum Gasteiger partial charge on any atom is 0.190 e. The van der Waals surface area contributed by atoms with E-state index < -0.39 is 17.0 Å². The fraction of sp³-hybridized carbons (Fsp3) is 0.257. The first-order valence-electron chi connectivity index (χ1n) is 13.2. The maximum atomic E-state index is 14.7. The second-order valence-corrected chi connectivity index (χ2v) is 12.5. The van der Waals surface area contributed by atoms with Crippen molar-refractivity contribution in [2.75, 3.05) is 6.26 Å². The Kier molecular flexibility index (Phi) is 8.46. The Balaban J connectivity index is 1.85. The molecule has 0 aliphatic rings. The zero-order chi connectivity index (χ0) is 29.2. The summed E-state index contributed by atoms with van der Waals surface area (Å²) in [5.74, 6) is -1.47. The smallest absolute Gasteiger partial charge is 0.190 e. The number of benzene rings is 2. The van der Waals surface area contributed by atoms with Crippen molar-refractivity contribution in [2.24, 2.45) is 0 Å². The molecule has 4 aromatic rings. The minimum atomic E-state index is -0.775. The van der Waals surface area contributed by atoms with Crippen molar-refractivity contribution in [1.29, 1.82) is 0 Å². The van der Waals surface area contributed by atoms with Gasteiger partial charge in [0.25, 0.3) is 0 Å². The average molecular weight is 557 g/mol. The van der Waals surface area contributed by atoms with Crippen molar-refractivity contribution in [3.05, 3.63) is 134 Å². The summed E-state index contributed by atoms with van der Waals surface area (Å²) in [6, 6.07) is 23.6. The van der Waals surface area contributed by atoms with Gasteiger partial charge in [0.15, 0.2) is 10.9 Å². The van der Waals surface area contributed by atoms with Crippen LogP contribution in [0.5, 0.6) is 0 Å². The van der Waals surface area contributed by atoms with Gasteiger partial charge in [0.1, 0.15) is 11.6 Å². The second-order valence-electron chi connectivity index (χ2n) is 11.7. The minimum Gasteiger partial charge on any atom is -0.289 e. The Hall–Kier alpha value is -3.57. The standard InChI is InChI=1S/C35H34F2O2S/c1-34(2,3)28-16-9-7-14-26(31(28)38)27-15-11-12-22(33(27)40-6)21-35(4,5)29-17-10-8-13-25(32(29)39)24-19-18-23(36)20-30(24)37/h7-20H,21H2,1-6H3. The van der Waals surface area contributed by atoms with E-state index in [0.717, 1.165) is 33.7 Å². The monoisotopic (exact) mass is 556 g/mol. The molecule has 0 bridgehead atoms. The van der Waals surface area contributed by atoms with Gasteiger partial charge in [-0.05, 0) is 46.8 Å². The second kappa shape index (κ2) is 11.5. The molecule has 40 heavy (non-hydrogen) atoms. The zero-order valence-electron chi connectivity index (χ0n) is 23.8. The first kappa shape index (κ1) is 29.4. The molecule has 0 radical (unpaired) electrons. The van der Waals surface area contributed by atoms with Gasteiger partial charge < -0.3 is 0 Å². The summed E-state index contributed by atoms with van der Waals surface area (Å²) in [5, 5.41) is 0. The molecular formula is C35H34F2O2S. The van der Waals surface area contributed by atoms with Crippen molar-refractivity contribution in [3.63, 3.8) is 0 Å². The third-order valence-electron chi connectivity index (χ3n) is 7.23. The fourth-order valence-corrected chi connectivity index (χ4v) is 6.00. The highest BCUT2D eigenvalue weighted by Crippen LogP contribution is 2.37. The van der Waals surface area contributed by atoms with Gasteiger partial charge in [0.2, 0.25) is 0 Å². The van der Waals surface area contributed by atoms with Crippen LogP contribution in [0.3, 0.4) is 0 Å². The molecule has 0 aromatic heterocycles. The van der Waals surface area contributed by atoms with Crippen LogP contribution in [-0.2, 0) is 17.3 Å². The Labute approximate surface area is 239 Å². The van der Waals surface area contributed by atoms with E-state index in [2.05, 4.69) is 0 Å². The van der Waals surface area contributed by atoms with E-state index in [1.807, 2.05) is 83.3 Å². The topological polar surface area (TPSA) is 34.1 Å². The number of thioether (sulfide) groups is 1. The third kappa shape index (κ3) is 5.95. The van der Waals surface area contributed by atoms with Gasteiger partial charge in [-0.15, -0.1) is 11.8 Å². The highest BCUT2D eigenvalue weighted by molar-refractivity contribution is 7.98. The highest BCUT2D eigenvalue weighted by Gasteiger charge is 2.27. The van der Waals surface area contributed by atoms with Gasteiger partial charge in [-0.1, -0.05) is 101 Å². The van der Waals surface area contributed by atoms with Crippen LogP contribution >= 0.6 is 11.8 Å². The van der Waals surface area contributed by atoms with E-state index in [1.165, 1.54) is 6.07 Å². The molecule has 0 N–H and O–H groups in total. The van der Waals surface area contributed by atoms with Crippen LogP contribution in [0.2, 0.25) is 0 Å². The van der Waals surface area contributed by atoms with Crippen LogP contribution in [0, 0.1) is 11.6 Å². The Morgan fingerprint density at radius 3 is 1.80 bits per heavy atom. The van der Waals surface area contributed by atoms with Crippen LogP contribution in [0.15, 0.2) is 99.4 Å². The predicted molar refractivity (Wildman–Crippen MR) is 163 cm³/mol. The first-order chi connectivity index (χ1) is 18.8. The van der Waals surface area contributed by atoms with Gasteiger partial charge in [-0.3, -0.25) is 9.59 Å². The molecule has 0 amide bonds. The number of hydrogen-bond acceptors (Lipinski definition) is 3. The SMILES string of the molecule is CSc1c(CC(C)(C)c2ccccc(-c3ccc(F)cc3F)c2=O)cccc1-c1ccccc(C(C)(C)C)c1=O. The molecule has 206 valence electrons. The van der Waals surface area contributed by atoms with Gasteiger partial charge in [0, 0.05) is 38.8 Å². The lowest BCUT2D eigenvalue weighted by molar-refractivity contribution is 0.515. The summed E-state index contributed by atoms with van der Waals surface area (Å²) in [7, 11) is 0. The molecule has 2 nitrogen and oxygen atoms in total. The van der Waals surface area contributed by atoms with E-state index in [1.54, 1.807) is 36.0 Å². The minimum absolute atomic E-state index is 0.00658. The number of halogens is 2. The molecule has 0 aliphatic heterocycles. The van der Waals surface area contributed by atoms with Crippen molar-refractivity contribution in [2.45, 2.75) is 56.8 Å². The molecule has 0 aliphatic carbocycles. The number of rotatable bonds is 6. The fourth-order valence-electron chi connectivity index (χ4n) is 5.20. The molecule has 0 spiro atoms. The third-order valence-corrected chi connectivity index (χ3v) is 8.12. The van der Waals surface area contributed by atoms with Crippen LogP contribution in [0.4, 0.5) is 8.78 Å². The van der Waals surface area contributed by atoms with Gasteiger partial charge >= 0.3 is 0 Å². The molecule has 0 atom stereocenters.